The summed E-state index contributed by atoms with van der Waals surface area (Å²) in [6.45, 7) is 8.40. The van der Waals surface area contributed by atoms with E-state index in [4.69, 9.17) is 0 Å². The molecule has 3 rings (SSSR count). The van der Waals surface area contributed by atoms with E-state index < -0.39 is 0 Å². The summed E-state index contributed by atoms with van der Waals surface area (Å²) in [5, 5.41) is 3.77. The third-order valence-electron chi connectivity index (χ3n) is 5.40. The van der Waals surface area contributed by atoms with Crippen LogP contribution >= 0.6 is 0 Å². The van der Waals surface area contributed by atoms with Gasteiger partial charge in [-0.25, -0.2) is 0 Å². The SMILES string of the molecule is CC1(C)CNC(Cc2ccccc2)CN1CC1CCCC1. The van der Waals surface area contributed by atoms with Gasteiger partial charge in [-0.1, -0.05) is 43.2 Å². The molecule has 1 aromatic rings. The number of benzene rings is 1. The van der Waals surface area contributed by atoms with E-state index in [1.54, 1.807) is 0 Å². The van der Waals surface area contributed by atoms with E-state index in [1.807, 2.05) is 0 Å². The van der Waals surface area contributed by atoms with E-state index in [-0.39, 0.29) is 0 Å². The Morgan fingerprint density at radius 2 is 1.86 bits per heavy atom. The molecule has 1 aliphatic heterocycles. The summed E-state index contributed by atoms with van der Waals surface area (Å²) in [6.07, 6.45) is 6.94. The Morgan fingerprint density at radius 1 is 1.14 bits per heavy atom. The van der Waals surface area contributed by atoms with Gasteiger partial charge in [-0.05, 0) is 44.6 Å². The Morgan fingerprint density at radius 3 is 2.57 bits per heavy atom. The lowest BCUT2D eigenvalue weighted by atomic mass is 9.92. The van der Waals surface area contributed by atoms with Crippen molar-refractivity contribution in [3.8, 4) is 0 Å². The number of hydrogen-bond acceptors (Lipinski definition) is 2. The molecule has 116 valence electrons. The van der Waals surface area contributed by atoms with Crippen molar-refractivity contribution in [1.82, 2.24) is 10.2 Å². The summed E-state index contributed by atoms with van der Waals surface area (Å²) in [4.78, 5) is 2.76. The van der Waals surface area contributed by atoms with E-state index in [1.165, 1.54) is 44.3 Å². The molecule has 2 nitrogen and oxygen atoms in total. The average molecular weight is 286 g/mol. The highest BCUT2D eigenvalue weighted by Gasteiger charge is 2.35. The predicted octanol–water partition coefficient (Wildman–Crippen LogP) is 3.47. The summed E-state index contributed by atoms with van der Waals surface area (Å²) in [5.41, 5.74) is 1.76. The van der Waals surface area contributed by atoms with Gasteiger partial charge >= 0.3 is 0 Å². The van der Waals surface area contributed by atoms with Crippen LogP contribution in [0, 0.1) is 5.92 Å². The van der Waals surface area contributed by atoms with Gasteiger partial charge in [-0.15, -0.1) is 0 Å². The van der Waals surface area contributed by atoms with Crippen molar-refractivity contribution in [3.63, 3.8) is 0 Å². The lowest BCUT2D eigenvalue weighted by Crippen LogP contribution is -2.63. The van der Waals surface area contributed by atoms with Crippen LogP contribution in [0.5, 0.6) is 0 Å². The fourth-order valence-electron chi connectivity index (χ4n) is 3.95. The Hall–Kier alpha value is -0.860. The van der Waals surface area contributed by atoms with Gasteiger partial charge in [-0.3, -0.25) is 4.90 Å². The van der Waals surface area contributed by atoms with Gasteiger partial charge in [0.05, 0.1) is 0 Å². The molecule has 1 saturated heterocycles. The standard InChI is InChI=1S/C19H30N2/c1-19(2)15-20-18(12-16-8-4-3-5-9-16)14-21(19)13-17-10-6-7-11-17/h3-5,8-9,17-18,20H,6-7,10-15H2,1-2H3. The van der Waals surface area contributed by atoms with Crippen LogP contribution in [0.4, 0.5) is 0 Å². The van der Waals surface area contributed by atoms with Crippen LogP contribution in [0.3, 0.4) is 0 Å². The van der Waals surface area contributed by atoms with E-state index in [0.717, 1.165) is 18.9 Å². The van der Waals surface area contributed by atoms with E-state index in [0.29, 0.717) is 11.6 Å². The summed E-state index contributed by atoms with van der Waals surface area (Å²) in [6, 6.07) is 11.5. The third kappa shape index (κ3) is 3.87. The maximum atomic E-state index is 3.77. The van der Waals surface area contributed by atoms with Crippen molar-refractivity contribution in [2.45, 2.75) is 57.5 Å². The Balaban J connectivity index is 1.60. The van der Waals surface area contributed by atoms with Gasteiger partial charge in [-0.2, -0.15) is 0 Å². The van der Waals surface area contributed by atoms with Crippen molar-refractivity contribution in [1.29, 1.82) is 0 Å². The summed E-state index contributed by atoms with van der Waals surface area (Å²) >= 11 is 0. The Kier molecular flexibility index (Phi) is 4.66. The van der Waals surface area contributed by atoms with Gasteiger partial charge in [0.1, 0.15) is 0 Å². The van der Waals surface area contributed by atoms with Gasteiger partial charge < -0.3 is 5.32 Å². The van der Waals surface area contributed by atoms with Crippen LogP contribution in [-0.4, -0.2) is 36.1 Å². The van der Waals surface area contributed by atoms with Crippen molar-refractivity contribution < 1.29 is 0 Å². The fourth-order valence-corrected chi connectivity index (χ4v) is 3.95. The minimum atomic E-state index is 0.301. The molecule has 2 aliphatic rings. The van der Waals surface area contributed by atoms with Crippen LogP contribution in [0.1, 0.15) is 45.1 Å². The van der Waals surface area contributed by atoms with Crippen molar-refractivity contribution >= 4 is 0 Å². The normalized spacial score (nSPS) is 27.0. The Labute approximate surface area is 129 Å². The van der Waals surface area contributed by atoms with Gasteiger partial charge in [0.15, 0.2) is 0 Å². The highest BCUT2D eigenvalue weighted by atomic mass is 15.3. The molecular weight excluding hydrogens is 256 g/mol. The second kappa shape index (κ2) is 6.50. The van der Waals surface area contributed by atoms with E-state index in [9.17, 15) is 0 Å². The molecule has 2 heteroatoms. The van der Waals surface area contributed by atoms with Crippen LogP contribution in [0.2, 0.25) is 0 Å². The number of rotatable bonds is 4. The maximum Gasteiger partial charge on any atom is 0.0278 e. The number of piperazine rings is 1. The summed E-state index contributed by atoms with van der Waals surface area (Å²) in [7, 11) is 0. The van der Waals surface area contributed by atoms with Crippen molar-refractivity contribution in [2.24, 2.45) is 5.92 Å². The molecule has 1 unspecified atom stereocenters. The maximum absolute atomic E-state index is 3.77. The first kappa shape index (κ1) is 15.1. The quantitative estimate of drug-likeness (QED) is 0.911. The minimum Gasteiger partial charge on any atom is -0.311 e. The van der Waals surface area contributed by atoms with Crippen LogP contribution < -0.4 is 5.32 Å². The zero-order valence-corrected chi connectivity index (χ0v) is 13.6. The zero-order chi connectivity index (χ0) is 14.7. The fraction of sp³-hybridized carbons (Fsp3) is 0.684. The number of hydrogen-bond donors (Lipinski definition) is 1. The molecule has 1 aliphatic carbocycles. The minimum absolute atomic E-state index is 0.301. The molecule has 1 atom stereocenters. The van der Waals surface area contributed by atoms with Crippen LogP contribution in [0.25, 0.3) is 0 Å². The number of nitrogens with one attached hydrogen (secondary N) is 1. The molecule has 1 aromatic carbocycles. The molecule has 0 amide bonds. The summed E-state index contributed by atoms with van der Waals surface area (Å²) in [5.74, 6) is 0.944. The molecule has 0 radical (unpaired) electrons. The lowest BCUT2D eigenvalue weighted by molar-refractivity contribution is 0.0513. The highest BCUT2D eigenvalue weighted by Crippen LogP contribution is 2.29. The summed E-state index contributed by atoms with van der Waals surface area (Å²) < 4.78 is 0. The van der Waals surface area contributed by atoms with Gasteiger partial charge in [0, 0.05) is 31.2 Å². The lowest BCUT2D eigenvalue weighted by Gasteiger charge is -2.47. The topological polar surface area (TPSA) is 15.3 Å². The van der Waals surface area contributed by atoms with Gasteiger partial charge in [0.25, 0.3) is 0 Å². The second-order valence-corrected chi connectivity index (χ2v) is 7.64. The molecular formula is C19H30N2. The first-order chi connectivity index (χ1) is 10.1. The first-order valence-electron chi connectivity index (χ1n) is 8.66. The van der Waals surface area contributed by atoms with Crippen molar-refractivity contribution in [2.75, 3.05) is 19.6 Å². The van der Waals surface area contributed by atoms with Gasteiger partial charge in [0.2, 0.25) is 0 Å². The smallest absolute Gasteiger partial charge is 0.0278 e. The zero-order valence-electron chi connectivity index (χ0n) is 13.6. The van der Waals surface area contributed by atoms with Crippen LogP contribution in [-0.2, 0) is 6.42 Å². The second-order valence-electron chi connectivity index (χ2n) is 7.64. The monoisotopic (exact) mass is 286 g/mol. The average Bonchev–Trinajstić information content (AvgIpc) is 2.97. The molecule has 1 heterocycles. The molecule has 0 aromatic heterocycles. The molecule has 1 saturated carbocycles. The molecule has 0 spiro atoms. The molecule has 2 fully saturated rings. The van der Waals surface area contributed by atoms with Crippen LogP contribution in [0.15, 0.2) is 30.3 Å². The van der Waals surface area contributed by atoms with Crippen molar-refractivity contribution in [3.05, 3.63) is 35.9 Å². The molecule has 0 bridgehead atoms. The molecule has 21 heavy (non-hydrogen) atoms. The predicted molar refractivity (Wildman–Crippen MR) is 89.5 cm³/mol. The molecule has 1 N–H and O–H groups in total. The first-order valence-corrected chi connectivity index (χ1v) is 8.66. The van der Waals surface area contributed by atoms with E-state index in [2.05, 4.69) is 54.4 Å². The Bertz CT molecular complexity index is 434. The largest absolute Gasteiger partial charge is 0.311 e. The number of nitrogens with zero attached hydrogens (tertiary/aromatic N) is 1. The third-order valence-corrected chi connectivity index (χ3v) is 5.40. The van der Waals surface area contributed by atoms with E-state index >= 15 is 0 Å². The highest BCUT2D eigenvalue weighted by molar-refractivity contribution is 5.16.